The number of rotatable bonds is 6. The van der Waals surface area contributed by atoms with Crippen molar-refractivity contribution in [3.05, 3.63) is 65.7 Å². The lowest BCUT2D eigenvalue weighted by Gasteiger charge is -2.25. The standard InChI is InChI=1S/C20H21FN2O2/c21-17-7-5-15(6-8-17)13-18-4-2-12-23(18)20(25)10-9-19(24)16-3-1-11-22-14-16/h1,3,5-8,11,14,18H,2,4,9-10,12-13H2. The van der Waals surface area contributed by atoms with E-state index in [0.29, 0.717) is 5.56 Å². The molecule has 5 heteroatoms. The molecular weight excluding hydrogens is 319 g/mol. The highest BCUT2D eigenvalue weighted by Crippen LogP contribution is 2.23. The first-order valence-electron chi connectivity index (χ1n) is 8.60. The Kier molecular flexibility index (Phi) is 5.53. The van der Waals surface area contributed by atoms with Crippen LogP contribution in [0.3, 0.4) is 0 Å². The van der Waals surface area contributed by atoms with E-state index in [1.54, 1.807) is 30.5 Å². The average Bonchev–Trinajstić information content (AvgIpc) is 3.10. The Balaban J connectivity index is 1.55. The lowest BCUT2D eigenvalue weighted by Crippen LogP contribution is -2.36. The summed E-state index contributed by atoms with van der Waals surface area (Å²) in [6, 6.07) is 9.99. The van der Waals surface area contributed by atoms with E-state index in [2.05, 4.69) is 4.98 Å². The molecule has 1 aliphatic heterocycles. The lowest BCUT2D eigenvalue weighted by atomic mass is 10.0. The molecule has 1 unspecified atom stereocenters. The van der Waals surface area contributed by atoms with Crippen LogP contribution in [0, 0.1) is 5.82 Å². The normalized spacial score (nSPS) is 16.8. The van der Waals surface area contributed by atoms with Gasteiger partial charge in [-0.2, -0.15) is 0 Å². The number of benzene rings is 1. The molecular formula is C20H21FN2O2. The minimum atomic E-state index is -0.253. The second-order valence-electron chi connectivity index (χ2n) is 6.38. The number of carbonyl (C=O) groups excluding carboxylic acids is 2. The van der Waals surface area contributed by atoms with Crippen molar-refractivity contribution < 1.29 is 14.0 Å². The van der Waals surface area contributed by atoms with Crippen molar-refractivity contribution in [2.75, 3.05) is 6.54 Å². The van der Waals surface area contributed by atoms with Crippen molar-refractivity contribution in [3.8, 4) is 0 Å². The number of Topliss-reactive ketones (excluding diaryl/α,β-unsaturated/α-hetero) is 1. The smallest absolute Gasteiger partial charge is 0.223 e. The molecule has 0 aliphatic carbocycles. The summed E-state index contributed by atoms with van der Waals surface area (Å²) in [7, 11) is 0. The molecule has 0 spiro atoms. The molecule has 1 aromatic carbocycles. The third kappa shape index (κ3) is 4.50. The molecule has 130 valence electrons. The van der Waals surface area contributed by atoms with Gasteiger partial charge in [0.25, 0.3) is 0 Å². The molecule has 25 heavy (non-hydrogen) atoms. The first-order chi connectivity index (χ1) is 12.1. The van der Waals surface area contributed by atoms with Crippen LogP contribution in [0.2, 0.25) is 0 Å². The Hall–Kier alpha value is -2.56. The Morgan fingerprint density at radius 1 is 1.16 bits per heavy atom. The molecule has 3 rings (SSSR count). The predicted molar refractivity (Wildman–Crippen MR) is 92.6 cm³/mol. The fourth-order valence-corrected chi connectivity index (χ4v) is 3.30. The number of hydrogen-bond acceptors (Lipinski definition) is 3. The molecule has 1 saturated heterocycles. The van der Waals surface area contributed by atoms with E-state index in [4.69, 9.17) is 0 Å². The third-order valence-electron chi connectivity index (χ3n) is 4.63. The summed E-state index contributed by atoms with van der Waals surface area (Å²) in [6.07, 6.45) is 6.19. The van der Waals surface area contributed by atoms with E-state index in [0.717, 1.165) is 31.4 Å². The van der Waals surface area contributed by atoms with E-state index in [1.807, 2.05) is 4.90 Å². The fraction of sp³-hybridized carbons (Fsp3) is 0.350. The van der Waals surface area contributed by atoms with Gasteiger partial charge in [-0.15, -0.1) is 0 Å². The SMILES string of the molecule is O=C(CCC(=O)N1CCCC1Cc1ccc(F)cc1)c1cccnc1. The maximum Gasteiger partial charge on any atom is 0.223 e. The number of likely N-dealkylation sites (tertiary alicyclic amines) is 1. The minimum absolute atomic E-state index is 0.0156. The number of ketones is 1. The van der Waals surface area contributed by atoms with E-state index in [-0.39, 0.29) is 36.4 Å². The Morgan fingerprint density at radius 3 is 2.68 bits per heavy atom. The van der Waals surface area contributed by atoms with Gasteiger partial charge in [0.1, 0.15) is 5.82 Å². The van der Waals surface area contributed by atoms with Crippen LogP contribution in [0.25, 0.3) is 0 Å². The zero-order chi connectivity index (χ0) is 17.6. The summed E-state index contributed by atoms with van der Waals surface area (Å²) in [5.41, 5.74) is 1.57. The van der Waals surface area contributed by atoms with Gasteiger partial charge in [0.05, 0.1) is 0 Å². The van der Waals surface area contributed by atoms with Gasteiger partial charge in [-0.05, 0) is 49.1 Å². The van der Waals surface area contributed by atoms with E-state index < -0.39 is 0 Å². The maximum atomic E-state index is 13.0. The van der Waals surface area contributed by atoms with E-state index in [1.165, 1.54) is 18.3 Å². The fourth-order valence-electron chi connectivity index (χ4n) is 3.30. The summed E-state index contributed by atoms with van der Waals surface area (Å²) in [5, 5.41) is 0. The first kappa shape index (κ1) is 17.3. The van der Waals surface area contributed by atoms with Gasteiger partial charge < -0.3 is 4.90 Å². The van der Waals surface area contributed by atoms with Crippen LogP contribution >= 0.6 is 0 Å². The van der Waals surface area contributed by atoms with Gasteiger partial charge in [-0.25, -0.2) is 4.39 Å². The molecule has 0 bridgehead atoms. The van der Waals surface area contributed by atoms with Gasteiger partial charge in [0.2, 0.25) is 5.91 Å². The van der Waals surface area contributed by atoms with Crippen molar-refractivity contribution >= 4 is 11.7 Å². The highest BCUT2D eigenvalue weighted by atomic mass is 19.1. The zero-order valence-electron chi connectivity index (χ0n) is 14.0. The van der Waals surface area contributed by atoms with E-state index >= 15 is 0 Å². The zero-order valence-corrected chi connectivity index (χ0v) is 14.0. The van der Waals surface area contributed by atoms with Gasteiger partial charge in [0, 0.05) is 43.4 Å². The van der Waals surface area contributed by atoms with Crippen LogP contribution in [0.1, 0.15) is 41.6 Å². The molecule has 1 aromatic heterocycles. The summed E-state index contributed by atoms with van der Waals surface area (Å²) in [6.45, 7) is 0.728. The largest absolute Gasteiger partial charge is 0.339 e. The van der Waals surface area contributed by atoms with Crippen LogP contribution < -0.4 is 0 Å². The predicted octanol–water partition coefficient (Wildman–Crippen LogP) is 3.42. The number of aromatic nitrogens is 1. The molecule has 2 heterocycles. The average molecular weight is 340 g/mol. The highest BCUT2D eigenvalue weighted by molar-refractivity contribution is 5.97. The van der Waals surface area contributed by atoms with Crippen LogP contribution in [0.4, 0.5) is 4.39 Å². The minimum Gasteiger partial charge on any atom is -0.339 e. The molecule has 1 amide bonds. The molecule has 4 nitrogen and oxygen atoms in total. The molecule has 0 radical (unpaired) electrons. The van der Waals surface area contributed by atoms with Crippen LogP contribution in [-0.4, -0.2) is 34.2 Å². The topological polar surface area (TPSA) is 50.3 Å². The Labute approximate surface area is 146 Å². The van der Waals surface area contributed by atoms with Crippen LogP contribution in [0.5, 0.6) is 0 Å². The molecule has 1 aliphatic rings. The number of hydrogen-bond donors (Lipinski definition) is 0. The monoisotopic (exact) mass is 340 g/mol. The number of nitrogens with zero attached hydrogens (tertiary/aromatic N) is 2. The quantitative estimate of drug-likeness (QED) is 0.757. The molecule has 1 fully saturated rings. The van der Waals surface area contributed by atoms with Crippen LogP contribution in [-0.2, 0) is 11.2 Å². The number of amides is 1. The van der Waals surface area contributed by atoms with Crippen molar-refractivity contribution in [1.29, 1.82) is 0 Å². The summed E-state index contributed by atoms with van der Waals surface area (Å²) >= 11 is 0. The summed E-state index contributed by atoms with van der Waals surface area (Å²) in [5.74, 6) is -0.297. The highest BCUT2D eigenvalue weighted by Gasteiger charge is 2.28. The van der Waals surface area contributed by atoms with Crippen LogP contribution in [0.15, 0.2) is 48.8 Å². The Morgan fingerprint density at radius 2 is 1.96 bits per heavy atom. The number of pyridine rings is 1. The van der Waals surface area contributed by atoms with Crippen molar-refractivity contribution in [2.24, 2.45) is 0 Å². The lowest BCUT2D eigenvalue weighted by molar-refractivity contribution is -0.131. The van der Waals surface area contributed by atoms with Gasteiger partial charge >= 0.3 is 0 Å². The molecule has 0 saturated carbocycles. The number of halogens is 1. The van der Waals surface area contributed by atoms with Crippen molar-refractivity contribution in [3.63, 3.8) is 0 Å². The van der Waals surface area contributed by atoms with Crippen molar-refractivity contribution in [1.82, 2.24) is 9.88 Å². The van der Waals surface area contributed by atoms with Crippen molar-refractivity contribution in [2.45, 2.75) is 38.1 Å². The summed E-state index contributed by atoms with van der Waals surface area (Å²) < 4.78 is 13.0. The number of carbonyl (C=O) groups is 2. The van der Waals surface area contributed by atoms with E-state index in [9.17, 15) is 14.0 Å². The molecule has 0 N–H and O–H groups in total. The molecule has 2 aromatic rings. The third-order valence-corrected chi connectivity index (χ3v) is 4.63. The van der Waals surface area contributed by atoms with Gasteiger partial charge in [-0.1, -0.05) is 12.1 Å². The summed E-state index contributed by atoms with van der Waals surface area (Å²) in [4.78, 5) is 30.5. The first-order valence-corrected chi connectivity index (χ1v) is 8.60. The Bertz CT molecular complexity index is 731. The van der Waals surface area contributed by atoms with Gasteiger partial charge in [0.15, 0.2) is 5.78 Å². The maximum absolute atomic E-state index is 13.0. The van der Waals surface area contributed by atoms with Gasteiger partial charge in [-0.3, -0.25) is 14.6 Å². The second kappa shape index (κ2) is 8.01. The second-order valence-corrected chi connectivity index (χ2v) is 6.38. The molecule has 1 atom stereocenters.